The van der Waals surface area contributed by atoms with Crippen molar-refractivity contribution in [3.63, 3.8) is 0 Å². The smallest absolute Gasteiger partial charge is 0.412 e. The molecule has 1 heterocycles. The molecule has 0 bridgehead atoms. The highest BCUT2D eigenvalue weighted by Gasteiger charge is 2.16. The first-order valence-corrected chi connectivity index (χ1v) is 9.84. The number of aliphatic imine (C=N–C) groups is 1. The van der Waals surface area contributed by atoms with Crippen molar-refractivity contribution < 1.29 is 9.53 Å². The first-order chi connectivity index (χ1) is 12.9. The molecule has 0 saturated carbocycles. The van der Waals surface area contributed by atoms with Crippen LogP contribution in [0.25, 0.3) is 0 Å². The van der Waals surface area contributed by atoms with Crippen LogP contribution in [0.3, 0.4) is 0 Å². The largest absolute Gasteiger partial charge is 0.444 e. The molecule has 3 N–H and O–H groups in total. The maximum absolute atomic E-state index is 11.8. The minimum Gasteiger partial charge on any atom is -0.444 e. The van der Waals surface area contributed by atoms with Crippen LogP contribution in [-0.4, -0.2) is 31.2 Å². The number of guanidine groups is 1. The van der Waals surface area contributed by atoms with Crippen molar-refractivity contribution in [2.45, 2.75) is 39.3 Å². The van der Waals surface area contributed by atoms with Gasteiger partial charge in [-0.1, -0.05) is 12.1 Å². The Bertz CT molecular complexity index is 734. The van der Waals surface area contributed by atoms with Gasteiger partial charge in [0.05, 0.1) is 0 Å². The minimum absolute atomic E-state index is 0.447. The fraction of sp³-hybridized carbons (Fsp3) is 0.400. The van der Waals surface area contributed by atoms with E-state index in [-0.39, 0.29) is 0 Å². The number of rotatable bonds is 6. The van der Waals surface area contributed by atoms with Gasteiger partial charge in [-0.2, -0.15) is 11.3 Å². The van der Waals surface area contributed by atoms with Crippen LogP contribution in [0.4, 0.5) is 10.5 Å². The Hall–Kier alpha value is -2.54. The third-order valence-corrected chi connectivity index (χ3v) is 4.30. The van der Waals surface area contributed by atoms with Crippen LogP contribution in [0, 0.1) is 0 Å². The normalized spacial score (nSPS) is 11.8. The molecule has 0 atom stereocenters. The van der Waals surface area contributed by atoms with E-state index in [4.69, 9.17) is 4.74 Å². The number of hydrogen-bond acceptors (Lipinski definition) is 4. The van der Waals surface area contributed by atoms with E-state index in [1.54, 1.807) is 18.4 Å². The molecule has 1 amide bonds. The number of hydrogen-bond donors (Lipinski definition) is 3. The van der Waals surface area contributed by atoms with Gasteiger partial charge in [0.2, 0.25) is 0 Å². The summed E-state index contributed by atoms with van der Waals surface area (Å²) in [6.45, 7) is 7.04. The van der Waals surface area contributed by atoms with Crippen LogP contribution >= 0.6 is 11.3 Å². The molecular formula is C20H28N4O2S. The van der Waals surface area contributed by atoms with E-state index in [0.717, 1.165) is 25.5 Å². The Morgan fingerprint density at radius 2 is 1.85 bits per heavy atom. The lowest BCUT2D eigenvalue weighted by molar-refractivity contribution is 0.0636. The number of nitrogens with zero attached hydrogens (tertiary/aromatic N) is 1. The van der Waals surface area contributed by atoms with E-state index < -0.39 is 11.7 Å². The fourth-order valence-corrected chi connectivity index (χ4v) is 2.97. The molecular weight excluding hydrogens is 360 g/mol. The topological polar surface area (TPSA) is 74.8 Å². The summed E-state index contributed by atoms with van der Waals surface area (Å²) in [5.41, 5.74) is 2.63. The van der Waals surface area contributed by atoms with Crippen LogP contribution in [0.1, 0.15) is 31.9 Å². The van der Waals surface area contributed by atoms with Crippen molar-refractivity contribution in [3.05, 3.63) is 52.2 Å². The van der Waals surface area contributed by atoms with Crippen LogP contribution in [-0.2, 0) is 17.7 Å². The summed E-state index contributed by atoms with van der Waals surface area (Å²) in [6, 6.07) is 9.84. The van der Waals surface area contributed by atoms with Crippen LogP contribution in [0.2, 0.25) is 0 Å². The van der Waals surface area contributed by atoms with Crippen LogP contribution in [0.5, 0.6) is 0 Å². The summed E-state index contributed by atoms with van der Waals surface area (Å²) in [5, 5.41) is 13.5. The summed E-state index contributed by atoms with van der Waals surface area (Å²) in [6.07, 6.45) is 0.406. The van der Waals surface area contributed by atoms with Crippen molar-refractivity contribution in [2.75, 3.05) is 18.9 Å². The highest BCUT2D eigenvalue weighted by Crippen LogP contribution is 2.13. The molecule has 27 heavy (non-hydrogen) atoms. The average molecular weight is 389 g/mol. The Labute approximate surface area is 165 Å². The van der Waals surface area contributed by atoms with E-state index in [1.807, 2.05) is 45.0 Å². The summed E-state index contributed by atoms with van der Waals surface area (Å²) < 4.78 is 5.25. The second-order valence-corrected chi connectivity index (χ2v) is 7.84. The minimum atomic E-state index is -0.508. The standard InChI is InChI=1S/C20H28N4O2S/c1-20(2,3)26-19(25)24-17-7-5-15(6-8-17)9-11-22-18(21-4)23-13-16-10-12-27-14-16/h5-8,10,12,14H,9,11,13H2,1-4H3,(H,24,25)(H2,21,22,23). The van der Waals surface area contributed by atoms with Crippen molar-refractivity contribution in [1.82, 2.24) is 10.6 Å². The molecule has 2 rings (SSSR count). The molecule has 0 fully saturated rings. The number of carbonyl (C=O) groups excluding carboxylic acids is 1. The molecule has 1 aromatic carbocycles. The lowest BCUT2D eigenvalue weighted by Crippen LogP contribution is -2.37. The third-order valence-electron chi connectivity index (χ3n) is 3.57. The monoisotopic (exact) mass is 388 g/mol. The lowest BCUT2D eigenvalue weighted by atomic mass is 10.1. The maximum atomic E-state index is 11.8. The number of benzene rings is 1. The predicted molar refractivity (Wildman–Crippen MR) is 113 cm³/mol. The lowest BCUT2D eigenvalue weighted by Gasteiger charge is -2.19. The molecule has 7 heteroatoms. The molecule has 0 aliphatic carbocycles. The highest BCUT2D eigenvalue weighted by molar-refractivity contribution is 7.07. The Morgan fingerprint density at radius 1 is 1.11 bits per heavy atom. The first kappa shape index (κ1) is 20.8. The molecule has 2 aromatic rings. The number of amides is 1. The first-order valence-electron chi connectivity index (χ1n) is 8.90. The third kappa shape index (κ3) is 8.13. The van der Waals surface area contributed by atoms with Gasteiger partial charge in [0.1, 0.15) is 5.60 Å². The zero-order valence-corrected chi connectivity index (χ0v) is 17.2. The van der Waals surface area contributed by atoms with E-state index in [9.17, 15) is 4.79 Å². The van der Waals surface area contributed by atoms with Crippen molar-refractivity contribution >= 4 is 29.1 Å². The van der Waals surface area contributed by atoms with Crippen LogP contribution < -0.4 is 16.0 Å². The SMILES string of the molecule is CN=C(NCCc1ccc(NC(=O)OC(C)(C)C)cc1)NCc1ccsc1. The zero-order valence-electron chi connectivity index (χ0n) is 16.3. The number of anilines is 1. The molecule has 0 radical (unpaired) electrons. The number of thiophene rings is 1. The van der Waals surface area contributed by atoms with E-state index in [0.29, 0.717) is 5.69 Å². The molecule has 6 nitrogen and oxygen atoms in total. The van der Waals surface area contributed by atoms with Gasteiger partial charge < -0.3 is 15.4 Å². The van der Waals surface area contributed by atoms with Crippen LogP contribution in [0.15, 0.2) is 46.1 Å². The number of ether oxygens (including phenoxy) is 1. The Morgan fingerprint density at radius 3 is 2.44 bits per heavy atom. The molecule has 0 unspecified atom stereocenters. The summed E-state index contributed by atoms with van der Waals surface area (Å²) >= 11 is 1.69. The molecule has 1 aromatic heterocycles. The highest BCUT2D eigenvalue weighted by atomic mass is 32.1. The van der Waals surface area contributed by atoms with Gasteiger partial charge in [0.15, 0.2) is 5.96 Å². The van der Waals surface area contributed by atoms with E-state index >= 15 is 0 Å². The fourth-order valence-electron chi connectivity index (χ4n) is 2.30. The Balaban J connectivity index is 1.73. The van der Waals surface area contributed by atoms with Gasteiger partial charge in [-0.25, -0.2) is 4.79 Å². The van der Waals surface area contributed by atoms with Gasteiger partial charge in [-0.3, -0.25) is 10.3 Å². The predicted octanol–water partition coefficient (Wildman–Crippen LogP) is 4.00. The van der Waals surface area contributed by atoms with Crippen molar-refractivity contribution in [3.8, 4) is 0 Å². The van der Waals surface area contributed by atoms with Gasteiger partial charge in [0, 0.05) is 25.8 Å². The summed E-state index contributed by atoms with van der Waals surface area (Å²) in [5.74, 6) is 0.782. The average Bonchev–Trinajstić information content (AvgIpc) is 3.11. The molecule has 0 saturated heterocycles. The maximum Gasteiger partial charge on any atom is 0.412 e. The summed E-state index contributed by atoms with van der Waals surface area (Å²) in [4.78, 5) is 16.0. The zero-order chi connectivity index (χ0) is 19.7. The second kappa shape index (κ2) is 9.97. The number of nitrogens with one attached hydrogen (secondary N) is 3. The quantitative estimate of drug-likeness (QED) is 0.516. The molecule has 146 valence electrons. The van der Waals surface area contributed by atoms with Gasteiger partial charge >= 0.3 is 6.09 Å². The van der Waals surface area contributed by atoms with Crippen molar-refractivity contribution in [1.29, 1.82) is 0 Å². The van der Waals surface area contributed by atoms with E-state index in [2.05, 4.69) is 37.8 Å². The Kier molecular flexibility index (Phi) is 7.67. The molecule has 0 aliphatic heterocycles. The molecule has 0 aliphatic rings. The van der Waals surface area contributed by atoms with Crippen molar-refractivity contribution in [2.24, 2.45) is 4.99 Å². The van der Waals surface area contributed by atoms with Gasteiger partial charge in [-0.05, 0) is 67.3 Å². The van der Waals surface area contributed by atoms with E-state index in [1.165, 1.54) is 11.1 Å². The van der Waals surface area contributed by atoms with Gasteiger partial charge in [0.25, 0.3) is 0 Å². The second-order valence-electron chi connectivity index (χ2n) is 7.06. The molecule has 0 spiro atoms. The van der Waals surface area contributed by atoms with Gasteiger partial charge in [-0.15, -0.1) is 0 Å². The number of carbonyl (C=O) groups is 1. The summed E-state index contributed by atoms with van der Waals surface area (Å²) in [7, 11) is 1.76.